The molecule has 0 aliphatic carbocycles. The molecule has 0 amide bonds. The second-order valence-corrected chi connectivity index (χ2v) is 0. The van der Waals surface area contributed by atoms with E-state index in [9.17, 15) is 0 Å². The van der Waals surface area contributed by atoms with Crippen LogP contribution in [0.3, 0.4) is 0 Å². The quantitative estimate of drug-likeness (QED) is 0.463. The van der Waals surface area contributed by atoms with Crippen LogP contribution in [-0.2, 0) is 21.0 Å². The van der Waals surface area contributed by atoms with E-state index in [-0.39, 0.29) is 48.3 Å². The van der Waals surface area contributed by atoms with Gasteiger partial charge in [-0.2, -0.15) is 0 Å². The second-order valence-electron chi connectivity index (χ2n) is 0. The van der Waals surface area contributed by atoms with Gasteiger partial charge in [0, 0.05) is 0 Å². The average molecular weight is 312 g/mol. The second kappa shape index (κ2) is 20.0. The molecule has 0 saturated carbocycles. The maximum absolute atomic E-state index is 8.19. The third-order valence-corrected chi connectivity index (χ3v) is 0. The predicted octanol–water partition coefficient (Wildman–Crippen LogP) is -2.22. The fourth-order valence-electron chi connectivity index (χ4n) is 0. The van der Waals surface area contributed by atoms with Crippen LogP contribution in [0.25, 0.3) is 0 Å². The molecule has 1 nitrogen and oxygen atoms in total. The Morgan fingerprint density at radius 1 is 1.25 bits per heavy atom. The molecule has 4 heavy (non-hydrogen) atoms. The van der Waals surface area contributed by atoms with Crippen LogP contribution in [0, 0.1) is 0 Å². The minimum absolute atomic E-state index is 0. The summed E-state index contributed by atoms with van der Waals surface area (Å²) in [6.07, 6.45) is 0. The molecule has 0 aromatic heterocycles. The molecular weight excluding hydrogens is 307 g/mol. The van der Waals surface area contributed by atoms with Gasteiger partial charge in [-0.3, -0.25) is 0 Å². The van der Waals surface area contributed by atoms with Crippen LogP contribution in [0.5, 0.6) is 0 Å². The van der Waals surface area contributed by atoms with Crippen LogP contribution in [-0.4, -0.2) is 48.3 Å². The summed E-state index contributed by atoms with van der Waals surface area (Å²) in [5.74, 6) is 0. The van der Waals surface area contributed by atoms with E-state index >= 15 is 0 Å². The molecule has 4 heteroatoms. The Balaban J connectivity index is -0.00000000500. The molecule has 0 N–H and O–H groups in total. The summed E-state index contributed by atoms with van der Waals surface area (Å²) in [6, 6.07) is 0. The molecule has 0 aliphatic heterocycles. The van der Waals surface area contributed by atoms with Gasteiger partial charge < -0.3 is 0 Å². The summed E-state index contributed by atoms with van der Waals surface area (Å²) in [5.41, 5.74) is 0. The van der Waals surface area contributed by atoms with Crippen LogP contribution in [0.2, 0.25) is 0 Å². The molecule has 0 aliphatic rings. The van der Waals surface area contributed by atoms with Crippen molar-refractivity contribution < 1.29 is 21.0 Å². The Hall–Kier alpha value is 2.00. The van der Waals surface area contributed by atoms with E-state index in [0.717, 1.165) is 17.4 Å². The van der Waals surface area contributed by atoms with Crippen molar-refractivity contribution >= 4 is 48.3 Å². The summed E-state index contributed by atoms with van der Waals surface area (Å²) in [5, 5.41) is 0. The van der Waals surface area contributed by atoms with E-state index < -0.39 is 0 Å². The average Bonchev–Trinajstić information content (AvgIpc) is 1.00. The Bertz CT molecular complexity index is 8.00. The molecular formula is H5OSbSnV. The van der Waals surface area contributed by atoms with E-state index in [1.165, 1.54) is 0 Å². The summed E-state index contributed by atoms with van der Waals surface area (Å²) in [4.78, 5) is 0. The zero-order chi connectivity index (χ0) is 2.00. The Labute approximate surface area is 68.5 Å². The van der Waals surface area contributed by atoms with Crippen LogP contribution in [0.4, 0.5) is 0 Å². The van der Waals surface area contributed by atoms with Gasteiger partial charge in [0.25, 0.3) is 0 Å². The summed E-state index contributed by atoms with van der Waals surface area (Å²) in [7, 11) is 0. The van der Waals surface area contributed by atoms with Gasteiger partial charge in [0.1, 0.15) is 0 Å². The first kappa shape index (κ1) is 16.7. The zero-order valence-electron chi connectivity index (χ0n) is 2.27. The van der Waals surface area contributed by atoms with Gasteiger partial charge in [-0.25, -0.2) is 0 Å². The first-order chi connectivity index (χ1) is 1.00. The normalized spacial score (nSPS) is 0.750. The Morgan fingerprint density at radius 3 is 1.25 bits per heavy atom. The molecule has 0 rings (SSSR count). The van der Waals surface area contributed by atoms with Crippen LogP contribution < -0.4 is 0 Å². The molecule has 0 atom stereocenters. The van der Waals surface area contributed by atoms with Crippen molar-refractivity contribution in [2.75, 3.05) is 0 Å². The van der Waals surface area contributed by atoms with Crippen LogP contribution in [0.1, 0.15) is 0 Å². The van der Waals surface area contributed by atoms with Gasteiger partial charge in [-0.15, -0.1) is 0 Å². The van der Waals surface area contributed by atoms with Crippen LogP contribution in [0.15, 0.2) is 0 Å². The standard InChI is InChI=1S/O.Sb.Sn.V.5H. The summed E-state index contributed by atoms with van der Waals surface area (Å²) < 4.78 is 8.19. The van der Waals surface area contributed by atoms with Gasteiger partial charge >= 0.3 is 69.4 Å². The number of hydrogen-bond acceptors (Lipinski definition) is 1. The monoisotopic (exact) mass is 313 g/mol. The minimum atomic E-state index is 0. The molecule has 0 bridgehead atoms. The fraction of sp³-hybridized carbons (Fsp3) is 0. The molecule has 0 fully saturated rings. The van der Waals surface area contributed by atoms with Crippen molar-refractivity contribution in [2.45, 2.75) is 0 Å². The van der Waals surface area contributed by atoms with E-state index in [1.807, 2.05) is 0 Å². The summed E-state index contributed by atoms with van der Waals surface area (Å²) >= 11 is 1.06. The topological polar surface area (TPSA) is 17.1 Å². The SMILES string of the molecule is [O]=[V].[SbH3].[SnH2]. The van der Waals surface area contributed by atoms with Gasteiger partial charge in [0.15, 0.2) is 0 Å². The first-order valence-corrected chi connectivity index (χ1v) is 0.753. The fourth-order valence-corrected chi connectivity index (χ4v) is 0. The Kier molecular flexibility index (Phi) is 83.3. The molecule has 0 aromatic carbocycles. The van der Waals surface area contributed by atoms with E-state index in [4.69, 9.17) is 3.67 Å². The first-order valence-electron chi connectivity index (χ1n) is 0.183. The Morgan fingerprint density at radius 2 is 1.25 bits per heavy atom. The van der Waals surface area contributed by atoms with Gasteiger partial charge in [0.05, 0.1) is 0 Å². The number of hydrogen-bond donors (Lipinski definition) is 0. The van der Waals surface area contributed by atoms with Crippen molar-refractivity contribution in [1.29, 1.82) is 0 Å². The molecule has 0 aromatic rings. The molecule has 25 valence electrons. The van der Waals surface area contributed by atoms with E-state index in [2.05, 4.69) is 0 Å². The van der Waals surface area contributed by atoms with Crippen molar-refractivity contribution in [3.8, 4) is 0 Å². The summed E-state index contributed by atoms with van der Waals surface area (Å²) in [6.45, 7) is 0. The molecule has 0 unspecified atom stereocenters. The van der Waals surface area contributed by atoms with Crippen molar-refractivity contribution in [3.63, 3.8) is 0 Å². The van der Waals surface area contributed by atoms with Crippen molar-refractivity contribution in [1.82, 2.24) is 0 Å². The molecule has 0 spiro atoms. The van der Waals surface area contributed by atoms with Crippen molar-refractivity contribution in [2.24, 2.45) is 0 Å². The number of rotatable bonds is 0. The predicted molar refractivity (Wildman–Crippen MR) is 19.2 cm³/mol. The third-order valence-electron chi connectivity index (χ3n) is 0. The zero-order valence-corrected chi connectivity index (χ0v) is 11.7. The molecule has 2 radical (unpaired) electrons. The van der Waals surface area contributed by atoms with Gasteiger partial charge in [-0.1, -0.05) is 0 Å². The van der Waals surface area contributed by atoms with Gasteiger partial charge in [0.2, 0.25) is 0 Å². The maximum atomic E-state index is 8.19. The van der Waals surface area contributed by atoms with Gasteiger partial charge in [-0.05, 0) is 0 Å². The van der Waals surface area contributed by atoms with Crippen LogP contribution >= 0.6 is 0 Å². The molecule has 0 saturated heterocycles. The van der Waals surface area contributed by atoms with E-state index in [1.54, 1.807) is 0 Å². The third kappa shape index (κ3) is 9.00. The molecule has 0 heterocycles. The van der Waals surface area contributed by atoms with E-state index in [0.29, 0.717) is 0 Å². The van der Waals surface area contributed by atoms with Crippen molar-refractivity contribution in [3.05, 3.63) is 0 Å².